The minimum absolute atomic E-state index is 0.0338. The molecule has 2 aromatic heterocycles. The van der Waals surface area contributed by atoms with Gasteiger partial charge >= 0.3 is 11.9 Å². The third-order valence-electron chi connectivity index (χ3n) is 6.16. The van der Waals surface area contributed by atoms with E-state index < -0.39 is 34.5 Å². The number of rotatable bonds is 2. The second-order valence-electron chi connectivity index (χ2n) is 8.19. The zero-order chi connectivity index (χ0) is 24.9. The Morgan fingerprint density at radius 3 is 2.15 bits per heavy atom. The Hall–Kier alpha value is -3.83. The molecule has 4 rings (SSSR count). The van der Waals surface area contributed by atoms with Crippen LogP contribution >= 0.6 is 0 Å². The lowest BCUT2D eigenvalue weighted by Crippen LogP contribution is -2.49. The lowest BCUT2D eigenvalue weighted by atomic mass is 10.1. The number of anilines is 1. The van der Waals surface area contributed by atoms with Crippen LogP contribution < -0.4 is 21.7 Å². The number of carbonyl (C=O) groups excluding carboxylic acids is 1. The van der Waals surface area contributed by atoms with Gasteiger partial charge in [0.1, 0.15) is 5.65 Å². The van der Waals surface area contributed by atoms with Crippen LogP contribution in [0.15, 0.2) is 44.7 Å². The maximum Gasteiger partial charge on any atom is 0.416 e. The number of piperazine rings is 1. The standard InChI is InChI=1S/C22H22F3N5O4/c1-26-16(31)12-15(17-18(26)27(2)21(34)28(3)20(17)33)19(32)30-9-7-29(8-10-30)14-6-4-5-13(11-14)22(23,24)25/h4-6,11-12H,7-10H2,1-3H3. The maximum absolute atomic E-state index is 13.3. The monoisotopic (exact) mass is 477 g/mol. The van der Waals surface area contributed by atoms with E-state index in [1.807, 2.05) is 0 Å². The van der Waals surface area contributed by atoms with Crippen LogP contribution in [0.25, 0.3) is 11.0 Å². The minimum atomic E-state index is -4.46. The van der Waals surface area contributed by atoms with Gasteiger partial charge in [-0.05, 0) is 18.2 Å². The normalized spacial score (nSPS) is 14.6. The van der Waals surface area contributed by atoms with Crippen molar-refractivity contribution in [3.05, 3.63) is 72.7 Å². The van der Waals surface area contributed by atoms with E-state index in [2.05, 4.69) is 0 Å². The van der Waals surface area contributed by atoms with Crippen LogP contribution in [0.4, 0.5) is 18.9 Å². The summed E-state index contributed by atoms with van der Waals surface area (Å²) in [5, 5.41) is -0.0444. The summed E-state index contributed by atoms with van der Waals surface area (Å²) in [7, 11) is 4.11. The van der Waals surface area contributed by atoms with Gasteiger partial charge in [-0.1, -0.05) is 6.07 Å². The fourth-order valence-electron chi connectivity index (χ4n) is 4.24. The highest BCUT2D eigenvalue weighted by molar-refractivity contribution is 6.05. The summed E-state index contributed by atoms with van der Waals surface area (Å²) in [5.41, 5.74) is -2.32. The Morgan fingerprint density at radius 1 is 0.882 bits per heavy atom. The van der Waals surface area contributed by atoms with Crippen LogP contribution in [0.1, 0.15) is 15.9 Å². The highest BCUT2D eigenvalue weighted by Crippen LogP contribution is 2.32. The first kappa shape index (κ1) is 23.3. The fraction of sp³-hybridized carbons (Fsp3) is 0.364. The van der Waals surface area contributed by atoms with Gasteiger partial charge in [0, 0.05) is 59.1 Å². The molecule has 180 valence electrons. The zero-order valence-corrected chi connectivity index (χ0v) is 18.7. The van der Waals surface area contributed by atoms with Crippen LogP contribution in [0.5, 0.6) is 0 Å². The van der Waals surface area contributed by atoms with Gasteiger partial charge in [0.15, 0.2) is 0 Å². The Balaban J connectivity index is 1.67. The second-order valence-corrected chi connectivity index (χ2v) is 8.19. The molecule has 1 aromatic carbocycles. The molecular formula is C22H22F3N5O4. The zero-order valence-electron chi connectivity index (χ0n) is 18.7. The topological polar surface area (TPSA) is 89.6 Å². The number of nitrogens with zero attached hydrogens (tertiary/aromatic N) is 5. The van der Waals surface area contributed by atoms with Crippen molar-refractivity contribution in [2.75, 3.05) is 31.1 Å². The van der Waals surface area contributed by atoms with Gasteiger partial charge in [0.2, 0.25) is 0 Å². The van der Waals surface area contributed by atoms with Gasteiger partial charge < -0.3 is 9.80 Å². The van der Waals surface area contributed by atoms with Crippen LogP contribution in [0, 0.1) is 0 Å². The molecule has 0 aliphatic carbocycles. The predicted octanol–water partition coefficient (Wildman–Crippen LogP) is 0.917. The molecule has 0 spiro atoms. The molecule has 0 N–H and O–H groups in total. The number of halogens is 3. The van der Waals surface area contributed by atoms with Gasteiger partial charge in [-0.25, -0.2) is 4.79 Å². The summed E-state index contributed by atoms with van der Waals surface area (Å²) in [6.45, 7) is 0.897. The molecule has 0 bridgehead atoms. The molecule has 34 heavy (non-hydrogen) atoms. The number of aryl methyl sites for hydroxylation is 2. The van der Waals surface area contributed by atoms with E-state index in [4.69, 9.17) is 0 Å². The molecule has 1 saturated heterocycles. The summed E-state index contributed by atoms with van der Waals surface area (Å²) >= 11 is 0. The van der Waals surface area contributed by atoms with Gasteiger partial charge in [0.25, 0.3) is 17.0 Å². The van der Waals surface area contributed by atoms with Crippen molar-refractivity contribution in [2.45, 2.75) is 6.18 Å². The van der Waals surface area contributed by atoms with Crippen LogP contribution in [-0.2, 0) is 27.3 Å². The number of carbonyl (C=O) groups is 1. The smallest absolute Gasteiger partial charge is 0.368 e. The van der Waals surface area contributed by atoms with Gasteiger partial charge in [0.05, 0.1) is 16.5 Å². The first-order valence-corrected chi connectivity index (χ1v) is 10.4. The number of fused-ring (bicyclic) bond motifs is 1. The molecular weight excluding hydrogens is 455 g/mol. The van der Waals surface area contributed by atoms with Gasteiger partial charge in [-0.3, -0.25) is 28.1 Å². The molecule has 0 saturated carbocycles. The third-order valence-corrected chi connectivity index (χ3v) is 6.16. The van der Waals surface area contributed by atoms with Crippen molar-refractivity contribution < 1.29 is 18.0 Å². The molecule has 0 unspecified atom stereocenters. The van der Waals surface area contributed by atoms with Gasteiger partial charge in [-0.15, -0.1) is 0 Å². The number of benzene rings is 1. The van der Waals surface area contributed by atoms with Crippen LogP contribution in [0.2, 0.25) is 0 Å². The van der Waals surface area contributed by atoms with Crippen molar-refractivity contribution >= 4 is 22.6 Å². The molecule has 3 heterocycles. The maximum atomic E-state index is 13.3. The van der Waals surface area contributed by atoms with Crippen molar-refractivity contribution in [3.8, 4) is 0 Å². The Kier molecular flexibility index (Phi) is 5.62. The van der Waals surface area contributed by atoms with Crippen molar-refractivity contribution in [3.63, 3.8) is 0 Å². The molecule has 1 aliphatic heterocycles. The summed E-state index contributed by atoms with van der Waals surface area (Å²) in [5.74, 6) is -0.554. The molecule has 0 radical (unpaired) electrons. The Bertz CT molecular complexity index is 1480. The fourth-order valence-corrected chi connectivity index (χ4v) is 4.24. The average Bonchev–Trinajstić information content (AvgIpc) is 2.82. The lowest BCUT2D eigenvalue weighted by Gasteiger charge is -2.36. The first-order chi connectivity index (χ1) is 15.9. The number of alkyl halides is 3. The van der Waals surface area contributed by atoms with E-state index in [1.54, 1.807) is 11.0 Å². The summed E-state index contributed by atoms with van der Waals surface area (Å²) in [4.78, 5) is 54.3. The molecule has 1 aliphatic rings. The molecule has 9 nitrogen and oxygen atoms in total. The minimum Gasteiger partial charge on any atom is -0.368 e. The Morgan fingerprint density at radius 2 is 1.53 bits per heavy atom. The van der Waals surface area contributed by atoms with E-state index in [1.165, 1.54) is 32.1 Å². The van der Waals surface area contributed by atoms with Crippen molar-refractivity contribution in [1.29, 1.82) is 0 Å². The lowest BCUT2D eigenvalue weighted by molar-refractivity contribution is -0.137. The average molecular weight is 477 g/mol. The van der Waals surface area contributed by atoms with E-state index in [9.17, 15) is 32.3 Å². The number of aromatic nitrogens is 3. The Labute approximate surface area is 190 Å². The van der Waals surface area contributed by atoms with E-state index in [-0.39, 0.29) is 42.8 Å². The van der Waals surface area contributed by atoms with Crippen molar-refractivity contribution in [1.82, 2.24) is 18.6 Å². The number of hydrogen-bond donors (Lipinski definition) is 0. The molecule has 0 atom stereocenters. The largest absolute Gasteiger partial charge is 0.416 e. The van der Waals surface area contributed by atoms with Crippen LogP contribution in [-0.4, -0.2) is 50.7 Å². The number of pyridine rings is 1. The molecule has 1 amide bonds. The second kappa shape index (κ2) is 8.19. The molecule has 3 aromatic rings. The van der Waals surface area contributed by atoms with E-state index in [0.717, 1.165) is 31.9 Å². The summed E-state index contributed by atoms with van der Waals surface area (Å²) in [6.07, 6.45) is -4.46. The quantitative estimate of drug-likeness (QED) is 0.548. The van der Waals surface area contributed by atoms with Crippen LogP contribution in [0.3, 0.4) is 0 Å². The highest BCUT2D eigenvalue weighted by Gasteiger charge is 2.32. The molecule has 1 fully saturated rings. The SMILES string of the molecule is Cn1c(=O)c2c(C(=O)N3CCN(c4cccc(C(F)(F)F)c4)CC3)cc(=O)n(C)c2n(C)c1=O. The van der Waals surface area contributed by atoms with E-state index >= 15 is 0 Å². The summed E-state index contributed by atoms with van der Waals surface area (Å²) < 4.78 is 42.3. The third kappa shape index (κ3) is 3.78. The number of hydrogen-bond acceptors (Lipinski definition) is 5. The number of amides is 1. The van der Waals surface area contributed by atoms with E-state index in [0.29, 0.717) is 5.69 Å². The summed E-state index contributed by atoms with van der Waals surface area (Å²) in [6, 6.07) is 6.05. The first-order valence-electron chi connectivity index (χ1n) is 10.4. The van der Waals surface area contributed by atoms with Crippen molar-refractivity contribution in [2.24, 2.45) is 21.1 Å². The van der Waals surface area contributed by atoms with Gasteiger partial charge in [-0.2, -0.15) is 13.2 Å². The highest BCUT2D eigenvalue weighted by atomic mass is 19.4. The predicted molar refractivity (Wildman–Crippen MR) is 119 cm³/mol. The molecule has 12 heteroatoms.